The SMILES string of the molecule is Nc1nc2c(c(C#CCS)cn2[C@H]2CC[C@@H](CO)O2)c(=O)[nH]1. The number of ether oxygens (including phenoxy) is 1. The van der Waals surface area contributed by atoms with Crippen molar-refractivity contribution in [3.05, 3.63) is 22.1 Å². The second-order valence-electron chi connectivity index (χ2n) is 5.03. The molecule has 0 unspecified atom stereocenters. The second kappa shape index (κ2) is 6.04. The van der Waals surface area contributed by atoms with E-state index >= 15 is 0 Å². The van der Waals surface area contributed by atoms with Gasteiger partial charge in [0.25, 0.3) is 5.56 Å². The molecular formula is C14H16N4O3S. The lowest BCUT2D eigenvalue weighted by atomic mass is 10.2. The second-order valence-corrected chi connectivity index (χ2v) is 5.35. The number of aromatic amines is 1. The molecule has 3 heterocycles. The van der Waals surface area contributed by atoms with E-state index in [9.17, 15) is 9.90 Å². The summed E-state index contributed by atoms with van der Waals surface area (Å²) in [7, 11) is 0. The number of nitrogens with zero attached hydrogens (tertiary/aromatic N) is 2. The first kappa shape index (κ1) is 15.0. The minimum atomic E-state index is -0.332. The Morgan fingerprint density at radius 1 is 1.59 bits per heavy atom. The number of aromatic nitrogens is 3. The first-order chi connectivity index (χ1) is 10.6. The van der Waals surface area contributed by atoms with Gasteiger partial charge in [-0.15, -0.1) is 0 Å². The Hall–Kier alpha value is -1.95. The normalized spacial score (nSPS) is 21.0. The molecule has 0 saturated carbocycles. The van der Waals surface area contributed by atoms with E-state index < -0.39 is 0 Å². The third-order valence-electron chi connectivity index (χ3n) is 3.60. The number of H-pyrrole nitrogens is 1. The maximum absolute atomic E-state index is 12.2. The smallest absolute Gasteiger partial charge is 0.263 e. The van der Waals surface area contributed by atoms with Gasteiger partial charge in [-0.2, -0.15) is 17.6 Å². The lowest BCUT2D eigenvalue weighted by molar-refractivity contribution is -0.0204. The number of thiol groups is 1. The van der Waals surface area contributed by atoms with Crippen molar-refractivity contribution in [3.63, 3.8) is 0 Å². The van der Waals surface area contributed by atoms with Gasteiger partial charge in [0.05, 0.1) is 29.4 Å². The Labute approximate surface area is 131 Å². The third-order valence-corrected chi connectivity index (χ3v) is 3.76. The van der Waals surface area contributed by atoms with Gasteiger partial charge in [0.1, 0.15) is 6.23 Å². The minimum Gasteiger partial charge on any atom is -0.394 e. The number of hydrogen-bond donors (Lipinski definition) is 4. The molecule has 0 aromatic carbocycles. The lowest BCUT2D eigenvalue weighted by Gasteiger charge is -2.14. The number of nitrogens with two attached hydrogens (primary N) is 1. The van der Waals surface area contributed by atoms with Crippen LogP contribution in [0.3, 0.4) is 0 Å². The summed E-state index contributed by atoms with van der Waals surface area (Å²) in [5.74, 6) is 6.18. The number of hydrogen-bond acceptors (Lipinski definition) is 6. The van der Waals surface area contributed by atoms with Crippen molar-refractivity contribution < 1.29 is 9.84 Å². The molecule has 0 spiro atoms. The standard InChI is InChI=1S/C14H16N4O3S/c15-14-16-12-11(13(20)17-14)8(2-1-5-22)6-18(12)10-4-3-9(7-19)21-10/h6,9-10,19,22H,3-5,7H2,(H3,15,16,17,20)/t9-,10+/m0/s1. The molecule has 0 bridgehead atoms. The fourth-order valence-electron chi connectivity index (χ4n) is 2.65. The highest BCUT2D eigenvalue weighted by molar-refractivity contribution is 7.80. The zero-order valence-corrected chi connectivity index (χ0v) is 12.6. The molecule has 0 amide bonds. The fraction of sp³-hybridized carbons (Fsp3) is 0.429. The van der Waals surface area contributed by atoms with E-state index in [0.717, 1.165) is 12.8 Å². The van der Waals surface area contributed by atoms with Crippen LogP contribution in [0.15, 0.2) is 11.0 Å². The zero-order valence-electron chi connectivity index (χ0n) is 11.7. The highest BCUT2D eigenvalue weighted by Crippen LogP contribution is 2.31. The van der Waals surface area contributed by atoms with Crippen LogP contribution >= 0.6 is 12.6 Å². The molecule has 116 valence electrons. The van der Waals surface area contributed by atoms with Gasteiger partial charge in [-0.3, -0.25) is 9.78 Å². The monoisotopic (exact) mass is 320 g/mol. The molecule has 3 rings (SSSR count). The maximum Gasteiger partial charge on any atom is 0.263 e. The molecule has 0 radical (unpaired) electrons. The van der Waals surface area contributed by atoms with Crippen molar-refractivity contribution in [3.8, 4) is 11.8 Å². The summed E-state index contributed by atoms with van der Waals surface area (Å²) in [6.07, 6.45) is 2.72. The van der Waals surface area contributed by atoms with Crippen LogP contribution in [-0.4, -0.2) is 38.1 Å². The molecule has 8 heteroatoms. The summed E-state index contributed by atoms with van der Waals surface area (Å²) >= 11 is 4.05. The summed E-state index contributed by atoms with van der Waals surface area (Å²) in [5, 5.41) is 9.59. The summed E-state index contributed by atoms with van der Waals surface area (Å²) in [4.78, 5) is 18.9. The molecule has 2 aromatic rings. The van der Waals surface area contributed by atoms with Gasteiger partial charge in [-0.25, -0.2) is 0 Å². The van der Waals surface area contributed by atoms with E-state index in [1.165, 1.54) is 0 Å². The Morgan fingerprint density at radius 3 is 3.09 bits per heavy atom. The van der Waals surface area contributed by atoms with Crippen molar-refractivity contribution >= 4 is 29.6 Å². The van der Waals surface area contributed by atoms with Crippen LogP contribution in [-0.2, 0) is 4.74 Å². The number of anilines is 1. The molecule has 1 aliphatic heterocycles. The van der Waals surface area contributed by atoms with Crippen molar-refractivity contribution in [1.29, 1.82) is 0 Å². The Morgan fingerprint density at radius 2 is 2.41 bits per heavy atom. The molecule has 2 aromatic heterocycles. The molecule has 1 fully saturated rings. The number of fused-ring (bicyclic) bond motifs is 1. The van der Waals surface area contributed by atoms with Crippen molar-refractivity contribution in [2.45, 2.75) is 25.2 Å². The molecule has 22 heavy (non-hydrogen) atoms. The molecule has 2 atom stereocenters. The molecular weight excluding hydrogens is 304 g/mol. The van der Waals surface area contributed by atoms with E-state index in [-0.39, 0.29) is 30.4 Å². The largest absolute Gasteiger partial charge is 0.394 e. The first-order valence-corrected chi connectivity index (χ1v) is 7.53. The van der Waals surface area contributed by atoms with Crippen molar-refractivity contribution in [1.82, 2.24) is 14.5 Å². The van der Waals surface area contributed by atoms with Crippen LogP contribution in [0.25, 0.3) is 11.0 Å². The van der Waals surface area contributed by atoms with Crippen LogP contribution in [0.1, 0.15) is 24.6 Å². The maximum atomic E-state index is 12.2. The van der Waals surface area contributed by atoms with Gasteiger partial charge < -0.3 is 20.1 Å². The quantitative estimate of drug-likeness (QED) is 0.469. The molecule has 1 saturated heterocycles. The fourth-order valence-corrected chi connectivity index (χ4v) is 2.73. The average molecular weight is 320 g/mol. The van der Waals surface area contributed by atoms with E-state index in [1.807, 2.05) is 0 Å². The van der Waals surface area contributed by atoms with Crippen LogP contribution < -0.4 is 11.3 Å². The summed E-state index contributed by atoms with van der Waals surface area (Å²) < 4.78 is 7.52. The van der Waals surface area contributed by atoms with Crippen LogP contribution in [0.4, 0.5) is 5.95 Å². The lowest BCUT2D eigenvalue weighted by Crippen LogP contribution is -2.16. The predicted octanol–water partition coefficient (Wildman–Crippen LogP) is 0.258. The van der Waals surface area contributed by atoms with Crippen LogP contribution in [0.5, 0.6) is 0 Å². The van der Waals surface area contributed by atoms with E-state index in [0.29, 0.717) is 22.3 Å². The highest BCUT2D eigenvalue weighted by atomic mass is 32.1. The molecule has 1 aliphatic rings. The minimum absolute atomic E-state index is 0.0296. The van der Waals surface area contributed by atoms with Gasteiger partial charge in [-0.05, 0) is 12.8 Å². The highest BCUT2D eigenvalue weighted by Gasteiger charge is 2.28. The van der Waals surface area contributed by atoms with Gasteiger partial charge in [0, 0.05) is 6.20 Å². The summed E-state index contributed by atoms with van der Waals surface area (Å²) in [6.45, 7) is -0.0296. The molecule has 0 aliphatic carbocycles. The van der Waals surface area contributed by atoms with E-state index in [1.54, 1.807) is 10.8 Å². The van der Waals surface area contributed by atoms with E-state index in [4.69, 9.17) is 10.5 Å². The first-order valence-electron chi connectivity index (χ1n) is 6.90. The topological polar surface area (TPSA) is 106 Å². The summed E-state index contributed by atoms with van der Waals surface area (Å²) in [5.41, 5.74) is 6.32. The Bertz CT molecular complexity index is 817. The zero-order chi connectivity index (χ0) is 15.7. The number of rotatable bonds is 2. The Kier molecular flexibility index (Phi) is 4.11. The van der Waals surface area contributed by atoms with E-state index in [2.05, 4.69) is 34.4 Å². The molecule has 4 N–H and O–H groups in total. The van der Waals surface area contributed by atoms with Gasteiger partial charge in [0.15, 0.2) is 5.65 Å². The van der Waals surface area contributed by atoms with Crippen molar-refractivity contribution in [2.75, 3.05) is 18.1 Å². The van der Waals surface area contributed by atoms with Crippen molar-refractivity contribution in [2.24, 2.45) is 0 Å². The van der Waals surface area contributed by atoms with Gasteiger partial charge in [0.2, 0.25) is 5.95 Å². The summed E-state index contributed by atoms with van der Waals surface area (Å²) in [6, 6.07) is 0. The third kappa shape index (κ3) is 2.59. The number of aliphatic hydroxyl groups is 1. The van der Waals surface area contributed by atoms with Crippen LogP contribution in [0.2, 0.25) is 0 Å². The van der Waals surface area contributed by atoms with Gasteiger partial charge >= 0.3 is 0 Å². The molecule has 7 nitrogen and oxygen atoms in total. The van der Waals surface area contributed by atoms with Gasteiger partial charge in [-0.1, -0.05) is 11.8 Å². The predicted molar refractivity (Wildman–Crippen MR) is 85.7 cm³/mol. The average Bonchev–Trinajstić information content (AvgIpc) is 3.09. The number of nitrogen functional groups attached to an aromatic ring is 1. The van der Waals surface area contributed by atoms with Crippen LogP contribution in [0, 0.1) is 11.8 Å². The number of aliphatic hydroxyl groups excluding tert-OH is 1. The number of nitrogens with one attached hydrogen (secondary N) is 1. The Balaban J connectivity index is 2.16.